The maximum Gasteiger partial charge on any atom is 0.261 e. The molecular formula is C29H37NO3SSi. The molecule has 0 heterocycles. The highest BCUT2D eigenvalue weighted by Gasteiger charge is 2.50. The van der Waals surface area contributed by atoms with Gasteiger partial charge in [-0.1, -0.05) is 81.4 Å². The van der Waals surface area contributed by atoms with Crippen LogP contribution in [0.3, 0.4) is 0 Å². The maximum absolute atomic E-state index is 13.1. The standard InChI is InChI=1S/C29H37NO3SSi/c1-28(2,3)34(31)30-27(23-18-20-24(32-7)21-19-23)22-33-35(29(4,5)6,25-14-10-8-11-15-25)26-16-12-9-13-17-26/h8-21H,22H2,1-7H3/b30-27+. The first-order chi connectivity index (χ1) is 16.5. The largest absolute Gasteiger partial charge is 0.497 e. The second-order valence-electron chi connectivity index (χ2n) is 10.6. The van der Waals surface area contributed by atoms with E-state index in [2.05, 4.69) is 69.3 Å². The zero-order valence-electron chi connectivity index (χ0n) is 21.9. The van der Waals surface area contributed by atoms with Crippen molar-refractivity contribution in [3.63, 3.8) is 0 Å². The highest BCUT2D eigenvalue weighted by Crippen LogP contribution is 2.37. The number of hydrogen-bond acceptors (Lipinski definition) is 3. The van der Waals surface area contributed by atoms with E-state index >= 15 is 0 Å². The molecule has 0 aliphatic carbocycles. The molecule has 0 radical (unpaired) electrons. The van der Waals surface area contributed by atoms with Crippen LogP contribution in [-0.2, 0) is 15.4 Å². The van der Waals surface area contributed by atoms with Crippen LogP contribution < -0.4 is 15.1 Å². The Labute approximate surface area is 214 Å². The quantitative estimate of drug-likeness (QED) is 0.298. The second kappa shape index (κ2) is 11.0. The third kappa shape index (κ3) is 6.18. The molecule has 1 atom stereocenters. The number of benzene rings is 3. The van der Waals surface area contributed by atoms with Crippen molar-refractivity contribution in [2.75, 3.05) is 13.7 Å². The van der Waals surface area contributed by atoms with Crippen molar-refractivity contribution in [1.82, 2.24) is 0 Å². The van der Waals surface area contributed by atoms with Crippen LogP contribution in [0.2, 0.25) is 5.04 Å². The van der Waals surface area contributed by atoms with Crippen molar-refractivity contribution in [3.05, 3.63) is 90.5 Å². The third-order valence-corrected chi connectivity index (χ3v) is 12.4. The summed E-state index contributed by atoms with van der Waals surface area (Å²) in [7, 11) is -2.54. The van der Waals surface area contributed by atoms with Crippen molar-refractivity contribution in [2.24, 2.45) is 4.40 Å². The molecule has 0 aromatic heterocycles. The van der Waals surface area contributed by atoms with E-state index in [1.165, 1.54) is 10.4 Å². The number of methoxy groups -OCH3 is 1. The van der Waals surface area contributed by atoms with Gasteiger partial charge in [0, 0.05) is 0 Å². The molecule has 0 aliphatic heterocycles. The lowest BCUT2D eigenvalue weighted by Crippen LogP contribution is -2.67. The van der Waals surface area contributed by atoms with E-state index in [4.69, 9.17) is 13.6 Å². The van der Waals surface area contributed by atoms with Gasteiger partial charge >= 0.3 is 0 Å². The third-order valence-electron chi connectivity index (χ3n) is 5.98. The first-order valence-corrected chi connectivity index (χ1v) is 14.9. The lowest BCUT2D eigenvalue weighted by molar-refractivity contribution is 0.352. The van der Waals surface area contributed by atoms with Gasteiger partial charge in [0.05, 0.1) is 24.2 Å². The molecule has 0 bridgehead atoms. The zero-order chi connectivity index (χ0) is 25.7. The Morgan fingerprint density at radius 3 is 1.69 bits per heavy atom. The number of ether oxygens (including phenoxy) is 1. The average Bonchev–Trinajstić information content (AvgIpc) is 2.83. The van der Waals surface area contributed by atoms with Crippen LogP contribution in [0, 0.1) is 0 Å². The molecule has 186 valence electrons. The average molecular weight is 508 g/mol. The monoisotopic (exact) mass is 507 g/mol. The first-order valence-electron chi connectivity index (χ1n) is 11.9. The normalized spacial score (nSPS) is 14.0. The van der Waals surface area contributed by atoms with E-state index in [0.29, 0.717) is 5.71 Å². The van der Waals surface area contributed by atoms with E-state index in [-0.39, 0.29) is 11.6 Å². The van der Waals surface area contributed by atoms with Crippen LogP contribution in [0.5, 0.6) is 5.75 Å². The molecule has 0 spiro atoms. The van der Waals surface area contributed by atoms with Crippen molar-refractivity contribution in [3.8, 4) is 5.75 Å². The minimum Gasteiger partial charge on any atom is -0.497 e. The fourth-order valence-corrected chi connectivity index (χ4v) is 9.26. The van der Waals surface area contributed by atoms with Crippen molar-refractivity contribution in [2.45, 2.75) is 51.3 Å². The topological polar surface area (TPSA) is 47.9 Å². The number of rotatable bonds is 8. The number of hydrogen-bond donors (Lipinski definition) is 0. The summed E-state index contributed by atoms with van der Waals surface area (Å²) in [6.45, 7) is 12.8. The highest BCUT2D eigenvalue weighted by molar-refractivity contribution is 7.85. The molecule has 3 rings (SSSR count). The van der Waals surface area contributed by atoms with Gasteiger partial charge in [0.25, 0.3) is 8.32 Å². The molecule has 35 heavy (non-hydrogen) atoms. The summed E-state index contributed by atoms with van der Waals surface area (Å²) < 4.78 is 29.7. The molecule has 6 heteroatoms. The predicted molar refractivity (Wildman–Crippen MR) is 151 cm³/mol. The van der Waals surface area contributed by atoms with Crippen LogP contribution in [0.1, 0.15) is 47.1 Å². The summed E-state index contributed by atoms with van der Waals surface area (Å²) in [5.41, 5.74) is 1.55. The van der Waals surface area contributed by atoms with E-state index in [0.717, 1.165) is 11.3 Å². The Morgan fingerprint density at radius 2 is 1.29 bits per heavy atom. The van der Waals surface area contributed by atoms with E-state index in [1.54, 1.807) is 7.11 Å². The highest BCUT2D eigenvalue weighted by atomic mass is 32.2. The molecule has 4 nitrogen and oxygen atoms in total. The molecule has 1 unspecified atom stereocenters. The van der Waals surface area contributed by atoms with Gasteiger partial charge in [-0.05, 0) is 66.0 Å². The summed E-state index contributed by atoms with van der Waals surface area (Å²) in [5, 5.41) is 2.23. The van der Waals surface area contributed by atoms with Crippen LogP contribution in [0.25, 0.3) is 0 Å². The summed E-state index contributed by atoms with van der Waals surface area (Å²) in [6.07, 6.45) is 0. The second-order valence-corrected chi connectivity index (χ2v) is 16.8. The van der Waals surface area contributed by atoms with Crippen LogP contribution in [0.15, 0.2) is 89.3 Å². The van der Waals surface area contributed by atoms with Gasteiger partial charge in [-0.25, -0.2) is 4.21 Å². The predicted octanol–water partition coefficient (Wildman–Crippen LogP) is 5.52. The fraction of sp³-hybridized carbons (Fsp3) is 0.345. The van der Waals surface area contributed by atoms with Gasteiger partial charge in [0.1, 0.15) is 16.7 Å². The SMILES string of the molecule is COc1ccc(/C(CO[Si](c2ccccc2)(c2ccccc2)C(C)(C)C)=N/S(=O)C(C)(C)C)cc1. The number of nitrogens with zero attached hydrogens (tertiary/aromatic N) is 1. The molecule has 0 N–H and O–H groups in total. The van der Waals surface area contributed by atoms with E-state index in [1.807, 2.05) is 57.2 Å². The van der Waals surface area contributed by atoms with Gasteiger partial charge in [-0.15, -0.1) is 0 Å². The Bertz CT molecular complexity index is 1110. The zero-order valence-corrected chi connectivity index (χ0v) is 23.7. The molecular weight excluding hydrogens is 470 g/mol. The minimum absolute atomic E-state index is 0.163. The van der Waals surface area contributed by atoms with Gasteiger partial charge < -0.3 is 9.16 Å². The van der Waals surface area contributed by atoms with Gasteiger partial charge in [0.2, 0.25) is 0 Å². The molecule has 3 aromatic carbocycles. The Hall–Kier alpha value is -2.54. The van der Waals surface area contributed by atoms with Crippen molar-refractivity contribution < 1.29 is 13.4 Å². The molecule has 0 amide bonds. The Kier molecular flexibility index (Phi) is 8.52. The van der Waals surface area contributed by atoms with Crippen LogP contribution in [-0.4, -0.2) is 36.7 Å². The van der Waals surface area contributed by atoms with E-state index in [9.17, 15) is 4.21 Å². The molecule has 0 fully saturated rings. The minimum atomic E-state index is -2.76. The lowest BCUT2D eigenvalue weighted by atomic mass is 10.1. The van der Waals surface area contributed by atoms with Gasteiger partial charge in [-0.2, -0.15) is 4.40 Å². The molecule has 3 aromatic rings. The molecule has 0 aliphatic rings. The Morgan fingerprint density at radius 1 is 0.800 bits per heavy atom. The summed E-state index contributed by atoms with van der Waals surface area (Å²) in [5.74, 6) is 0.762. The first kappa shape index (κ1) is 27.1. The Balaban J connectivity index is 2.14. The molecule has 0 saturated carbocycles. The van der Waals surface area contributed by atoms with Crippen molar-refractivity contribution in [1.29, 1.82) is 0 Å². The smallest absolute Gasteiger partial charge is 0.261 e. The summed E-state index contributed by atoms with van der Waals surface area (Å²) in [6, 6.07) is 28.7. The summed E-state index contributed by atoms with van der Waals surface area (Å²) >= 11 is 0. The van der Waals surface area contributed by atoms with Crippen LogP contribution >= 0.6 is 0 Å². The van der Waals surface area contributed by atoms with Crippen LogP contribution in [0.4, 0.5) is 0 Å². The van der Waals surface area contributed by atoms with Gasteiger partial charge in [0.15, 0.2) is 0 Å². The molecule has 0 saturated heterocycles. The fourth-order valence-electron chi connectivity index (χ4n) is 4.12. The maximum atomic E-state index is 13.1. The van der Waals surface area contributed by atoms with Crippen molar-refractivity contribution >= 4 is 35.4 Å². The summed E-state index contributed by atoms with van der Waals surface area (Å²) in [4.78, 5) is 0. The lowest BCUT2D eigenvalue weighted by Gasteiger charge is -2.43. The van der Waals surface area contributed by atoms with Gasteiger partial charge in [-0.3, -0.25) is 0 Å². The van der Waals surface area contributed by atoms with E-state index < -0.39 is 24.1 Å².